The summed E-state index contributed by atoms with van der Waals surface area (Å²) in [4.78, 5) is 0. The Morgan fingerprint density at radius 2 is 2.12 bits per heavy atom. The summed E-state index contributed by atoms with van der Waals surface area (Å²) in [6, 6.07) is 4.89. The van der Waals surface area contributed by atoms with Crippen molar-refractivity contribution in [3.63, 3.8) is 0 Å². The lowest BCUT2D eigenvalue weighted by molar-refractivity contribution is 0.193. The Kier molecular flexibility index (Phi) is 5.98. The quantitative estimate of drug-likeness (QED) is 0.737. The molecule has 1 rings (SSSR count). The molecule has 1 unspecified atom stereocenters. The maximum absolute atomic E-state index is 13.1. The lowest BCUT2D eigenvalue weighted by atomic mass is 10.2. The van der Waals surface area contributed by atoms with Gasteiger partial charge in [0.15, 0.2) is 0 Å². The summed E-state index contributed by atoms with van der Waals surface area (Å²) in [5.41, 5.74) is 0.624. The molecule has 0 saturated heterocycles. The Labute approximate surface area is 103 Å². The topological polar surface area (TPSA) is 21.3 Å². The van der Waals surface area contributed by atoms with Crippen LogP contribution in [0.5, 0.6) is 5.75 Å². The van der Waals surface area contributed by atoms with Crippen LogP contribution in [-0.4, -0.2) is 19.2 Å². The van der Waals surface area contributed by atoms with E-state index < -0.39 is 0 Å². The SMILES string of the molecule is CCCNCC(CC)Oc1ccc(F)c(C)c1. The second-order valence-electron chi connectivity index (χ2n) is 4.26. The third-order valence-corrected chi connectivity index (χ3v) is 2.69. The van der Waals surface area contributed by atoms with Crippen LogP contribution < -0.4 is 10.1 Å². The fraction of sp³-hybridized carbons (Fsp3) is 0.571. The van der Waals surface area contributed by atoms with E-state index in [1.54, 1.807) is 19.1 Å². The molecule has 0 saturated carbocycles. The number of hydrogen-bond acceptors (Lipinski definition) is 2. The second-order valence-corrected chi connectivity index (χ2v) is 4.26. The first kappa shape index (κ1) is 14.0. The Balaban J connectivity index is 2.51. The number of rotatable bonds is 7. The average Bonchev–Trinajstić information content (AvgIpc) is 2.32. The highest BCUT2D eigenvalue weighted by Crippen LogP contribution is 2.17. The second kappa shape index (κ2) is 7.28. The van der Waals surface area contributed by atoms with Gasteiger partial charge in [-0.15, -0.1) is 0 Å². The molecule has 0 aromatic heterocycles. The third-order valence-electron chi connectivity index (χ3n) is 2.69. The molecule has 0 aliphatic carbocycles. The minimum atomic E-state index is -0.186. The Bertz CT molecular complexity index is 341. The molecule has 0 bridgehead atoms. The molecule has 2 nitrogen and oxygen atoms in total. The highest BCUT2D eigenvalue weighted by atomic mass is 19.1. The van der Waals surface area contributed by atoms with Crippen LogP contribution in [0.2, 0.25) is 0 Å². The normalized spacial score (nSPS) is 12.5. The fourth-order valence-electron chi connectivity index (χ4n) is 1.59. The summed E-state index contributed by atoms with van der Waals surface area (Å²) in [6.45, 7) is 7.81. The van der Waals surface area contributed by atoms with E-state index in [9.17, 15) is 4.39 Å². The van der Waals surface area contributed by atoms with Gasteiger partial charge in [-0.1, -0.05) is 13.8 Å². The third kappa shape index (κ3) is 4.73. The molecule has 1 atom stereocenters. The summed E-state index contributed by atoms with van der Waals surface area (Å²) < 4.78 is 18.9. The molecule has 17 heavy (non-hydrogen) atoms. The number of hydrogen-bond donors (Lipinski definition) is 1. The number of nitrogens with one attached hydrogen (secondary N) is 1. The van der Waals surface area contributed by atoms with Gasteiger partial charge in [-0.25, -0.2) is 4.39 Å². The molecule has 0 radical (unpaired) electrons. The van der Waals surface area contributed by atoms with Gasteiger partial charge in [-0.3, -0.25) is 0 Å². The van der Waals surface area contributed by atoms with Gasteiger partial charge in [0.05, 0.1) is 0 Å². The Morgan fingerprint density at radius 1 is 1.35 bits per heavy atom. The van der Waals surface area contributed by atoms with Crippen molar-refractivity contribution in [2.24, 2.45) is 0 Å². The van der Waals surface area contributed by atoms with Crippen molar-refractivity contribution in [2.45, 2.75) is 39.7 Å². The molecule has 3 heteroatoms. The molecule has 1 N–H and O–H groups in total. The van der Waals surface area contributed by atoms with Crippen molar-refractivity contribution in [1.29, 1.82) is 0 Å². The van der Waals surface area contributed by atoms with Crippen LogP contribution >= 0.6 is 0 Å². The summed E-state index contributed by atoms with van der Waals surface area (Å²) in [7, 11) is 0. The summed E-state index contributed by atoms with van der Waals surface area (Å²) in [6.07, 6.45) is 2.20. The lowest BCUT2D eigenvalue weighted by Gasteiger charge is -2.18. The van der Waals surface area contributed by atoms with Gasteiger partial charge in [-0.05, 0) is 50.1 Å². The Morgan fingerprint density at radius 3 is 2.71 bits per heavy atom. The number of ether oxygens (including phenoxy) is 1. The first-order chi connectivity index (χ1) is 8.17. The predicted octanol–water partition coefficient (Wildman–Crippen LogP) is 3.29. The van der Waals surface area contributed by atoms with Crippen LogP contribution in [0.3, 0.4) is 0 Å². The van der Waals surface area contributed by atoms with Gasteiger partial charge in [-0.2, -0.15) is 0 Å². The zero-order valence-corrected chi connectivity index (χ0v) is 10.9. The highest BCUT2D eigenvalue weighted by Gasteiger charge is 2.08. The minimum Gasteiger partial charge on any atom is -0.489 e. The van der Waals surface area contributed by atoms with Crippen LogP contribution in [0.25, 0.3) is 0 Å². The van der Waals surface area contributed by atoms with Crippen molar-refractivity contribution in [3.05, 3.63) is 29.6 Å². The molecule has 1 aromatic carbocycles. The van der Waals surface area contributed by atoms with Crippen molar-refractivity contribution in [2.75, 3.05) is 13.1 Å². The minimum absolute atomic E-state index is 0.145. The molecule has 0 aliphatic rings. The highest BCUT2D eigenvalue weighted by molar-refractivity contribution is 5.29. The van der Waals surface area contributed by atoms with Crippen molar-refractivity contribution >= 4 is 0 Å². The van der Waals surface area contributed by atoms with E-state index in [1.165, 1.54) is 6.07 Å². The molecule has 0 heterocycles. The zero-order valence-electron chi connectivity index (χ0n) is 10.9. The molecular weight excluding hydrogens is 217 g/mol. The lowest BCUT2D eigenvalue weighted by Crippen LogP contribution is -2.31. The monoisotopic (exact) mass is 239 g/mol. The van der Waals surface area contributed by atoms with E-state index in [-0.39, 0.29) is 11.9 Å². The number of halogens is 1. The van der Waals surface area contributed by atoms with E-state index >= 15 is 0 Å². The molecule has 96 valence electrons. The van der Waals surface area contributed by atoms with Gasteiger partial charge in [0, 0.05) is 6.54 Å². The number of aryl methyl sites for hydroxylation is 1. The van der Waals surface area contributed by atoms with Gasteiger partial charge >= 0.3 is 0 Å². The molecule has 0 amide bonds. The molecule has 0 aliphatic heterocycles. The van der Waals surface area contributed by atoms with Gasteiger partial charge in [0.1, 0.15) is 17.7 Å². The van der Waals surface area contributed by atoms with Crippen LogP contribution in [0.4, 0.5) is 4.39 Å². The molecule has 0 spiro atoms. The smallest absolute Gasteiger partial charge is 0.126 e. The fourth-order valence-corrected chi connectivity index (χ4v) is 1.59. The standard InChI is InChI=1S/C14H22FNO/c1-4-8-16-10-12(5-2)17-13-6-7-14(15)11(3)9-13/h6-7,9,12,16H,4-5,8,10H2,1-3H3. The first-order valence-electron chi connectivity index (χ1n) is 6.30. The van der Waals surface area contributed by atoms with E-state index in [0.717, 1.165) is 31.7 Å². The van der Waals surface area contributed by atoms with Gasteiger partial charge < -0.3 is 10.1 Å². The average molecular weight is 239 g/mol. The van der Waals surface area contributed by atoms with Crippen molar-refractivity contribution in [3.8, 4) is 5.75 Å². The summed E-state index contributed by atoms with van der Waals surface area (Å²) in [5.74, 6) is 0.559. The van der Waals surface area contributed by atoms with Gasteiger partial charge in [0.2, 0.25) is 0 Å². The van der Waals surface area contributed by atoms with Crippen molar-refractivity contribution < 1.29 is 9.13 Å². The molecule has 1 aromatic rings. The maximum Gasteiger partial charge on any atom is 0.126 e. The van der Waals surface area contributed by atoms with Gasteiger partial charge in [0.25, 0.3) is 0 Å². The van der Waals surface area contributed by atoms with Crippen LogP contribution in [-0.2, 0) is 0 Å². The zero-order chi connectivity index (χ0) is 12.7. The van der Waals surface area contributed by atoms with E-state index in [0.29, 0.717) is 5.56 Å². The van der Waals surface area contributed by atoms with Crippen LogP contribution in [0, 0.1) is 12.7 Å². The summed E-state index contributed by atoms with van der Waals surface area (Å²) in [5, 5.41) is 3.33. The molecular formula is C14H22FNO. The van der Waals surface area contributed by atoms with E-state index in [2.05, 4.69) is 19.2 Å². The van der Waals surface area contributed by atoms with Crippen LogP contribution in [0.1, 0.15) is 32.3 Å². The number of benzene rings is 1. The Hall–Kier alpha value is -1.09. The van der Waals surface area contributed by atoms with E-state index in [1.807, 2.05) is 0 Å². The van der Waals surface area contributed by atoms with Crippen molar-refractivity contribution in [1.82, 2.24) is 5.32 Å². The summed E-state index contributed by atoms with van der Waals surface area (Å²) >= 11 is 0. The first-order valence-corrected chi connectivity index (χ1v) is 6.30. The van der Waals surface area contributed by atoms with E-state index in [4.69, 9.17) is 4.74 Å². The molecule has 0 fully saturated rings. The van der Waals surface area contributed by atoms with Crippen LogP contribution in [0.15, 0.2) is 18.2 Å². The predicted molar refractivity (Wildman–Crippen MR) is 69.0 cm³/mol. The maximum atomic E-state index is 13.1. The largest absolute Gasteiger partial charge is 0.489 e.